The van der Waals surface area contributed by atoms with Gasteiger partial charge >= 0.3 is 0 Å². The fraction of sp³-hybridized carbons (Fsp3) is 0.364. The highest BCUT2D eigenvalue weighted by molar-refractivity contribution is 6.31. The molecule has 0 heterocycles. The van der Waals surface area contributed by atoms with Gasteiger partial charge in [0.05, 0.1) is 5.60 Å². The summed E-state index contributed by atoms with van der Waals surface area (Å²) >= 11 is 6.23. The van der Waals surface area contributed by atoms with E-state index in [2.05, 4.69) is 0 Å². The normalized spacial score (nSPS) is 15.8. The Morgan fingerprint density at radius 1 is 1.19 bits per heavy atom. The van der Waals surface area contributed by atoms with Gasteiger partial charge in [-0.05, 0) is 44.3 Å². The molecule has 0 amide bonds. The molecule has 2 atom stereocenters. The third kappa shape index (κ3) is 4.94. The second-order valence-corrected chi connectivity index (χ2v) is 7.61. The van der Waals surface area contributed by atoms with Crippen LogP contribution in [0.3, 0.4) is 0 Å². The summed E-state index contributed by atoms with van der Waals surface area (Å²) in [7, 11) is 3.92. The fourth-order valence-electron chi connectivity index (χ4n) is 3.30. The number of hydrogen-bond donors (Lipinski definition) is 1. The lowest BCUT2D eigenvalue weighted by molar-refractivity contribution is 0.0143. The Balaban J connectivity index is 2.46. The molecule has 2 aromatic rings. The molecule has 0 aromatic heterocycles. The summed E-state index contributed by atoms with van der Waals surface area (Å²) in [6.07, 6.45) is 2.09. The Hall–Kier alpha value is -1.68. The summed E-state index contributed by atoms with van der Waals surface area (Å²) in [6.45, 7) is 4.55. The van der Waals surface area contributed by atoms with Crippen LogP contribution in [-0.4, -0.2) is 36.2 Å². The molecule has 0 aliphatic rings. The van der Waals surface area contributed by atoms with E-state index in [1.54, 1.807) is 12.1 Å². The van der Waals surface area contributed by atoms with Gasteiger partial charge in [-0.2, -0.15) is 0 Å². The van der Waals surface area contributed by atoms with Crippen LogP contribution in [0.25, 0.3) is 6.08 Å². The van der Waals surface area contributed by atoms with Crippen molar-refractivity contribution in [1.29, 1.82) is 0 Å². The Morgan fingerprint density at radius 2 is 1.85 bits per heavy atom. The van der Waals surface area contributed by atoms with Crippen LogP contribution in [0.15, 0.2) is 54.1 Å². The van der Waals surface area contributed by atoms with Crippen LogP contribution in [0.5, 0.6) is 0 Å². The number of halogens is 2. The first kappa shape index (κ1) is 20.6. The summed E-state index contributed by atoms with van der Waals surface area (Å²) in [5.74, 6) is -0.506. The molecule has 140 valence electrons. The molecule has 2 aromatic carbocycles. The first-order chi connectivity index (χ1) is 12.2. The number of hydrogen-bond acceptors (Lipinski definition) is 2. The number of aliphatic hydroxyl groups is 1. The summed E-state index contributed by atoms with van der Waals surface area (Å²) in [5, 5.41) is 12.0. The smallest absolute Gasteiger partial charge is 0.128 e. The van der Waals surface area contributed by atoms with Crippen molar-refractivity contribution in [3.63, 3.8) is 0 Å². The van der Waals surface area contributed by atoms with Crippen LogP contribution in [0.4, 0.5) is 4.39 Å². The molecule has 0 bridgehead atoms. The monoisotopic (exact) mass is 375 g/mol. The van der Waals surface area contributed by atoms with E-state index in [1.165, 1.54) is 6.07 Å². The van der Waals surface area contributed by atoms with Gasteiger partial charge < -0.3 is 10.0 Å². The molecule has 2 unspecified atom stereocenters. The van der Waals surface area contributed by atoms with E-state index in [-0.39, 0.29) is 18.2 Å². The molecule has 4 heteroatoms. The molecule has 0 fully saturated rings. The van der Waals surface area contributed by atoms with Gasteiger partial charge in [-0.3, -0.25) is 0 Å². The second-order valence-electron chi connectivity index (χ2n) is 7.20. The van der Waals surface area contributed by atoms with E-state index in [1.807, 2.05) is 69.3 Å². The van der Waals surface area contributed by atoms with Gasteiger partial charge in [-0.15, -0.1) is 0 Å². The van der Waals surface area contributed by atoms with Gasteiger partial charge in [0, 0.05) is 29.5 Å². The highest BCUT2D eigenvalue weighted by atomic mass is 35.5. The maximum atomic E-state index is 14.4. The Labute approximate surface area is 160 Å². The largest absolute Gasteiger partial charge is 0.385 e. The van der Waals surface area contributed by atoms with Crippen molar-refractivity contribution in [1.82, 2.24) is 4.90 Å². The minimum absolute atomic E-state index is 0.117. The molecule has 0 saturated heterocycles. The van der Waals surface area contributed by atoms with Gasteiger partial charge in [0.2, 0.25) is 0 Å². The molecule has 2 rings (SSSR count). The molecular formula is C22H27ClFNO. The van der Waals surface area contributed by atoms with Crippen molar-refractivity contribution in [2.24, 2.45) is 5.92 Å². The van der Waals surface area contributed by atoms with E-state index in [0.717, 1.165) is 11.1 Å². The highest BCUT2D eigenvalue weighted by Crippen LogP contribution is 2.34. The Kier molecular flexibility index (Phi) is 6.99. The highest BCUT2D eigenvalue weighted by Gasteiger charge is 2.37. The zero-order valence-electron chi connectivity index (χ0n) is 15.8. The maximum Gasteiger partial charge on any atom is 0.128 e. The molecule has 1 N–H and O–H groups in total. The van der Waals surface area contributed by atoms with Crippen LogP contribution in [0.1, 0.15) is 25.0 Å². The molecule has 0 saturated carbocycles. The minimum Gasteiger partial charge on any atom is -0.385 e. The van der Waals surface area contributed by atoms with Crippen LogP contribution in [0.2, 0.25) is 5.02 Å². The minimum atomic E-state index is -1.22. The lowest BCUT2D eigenvalue weighted by Gasteiger charge is -2.37. The van der Waals surface area contributed by atoms with Crippen molar-refractivity contribution in [2.45, 2.75) is 25.9 Å². The Bertz CT molecular complexity index is 740. The standard InChI is InChI=1S/C22H27ClFNO/c1-16(13-18-9-6-5-7-10-18)22(26,17(2)15-25(3)4)14-19-20(23)11-8-12-21(19)24/h5-13,17,26H,14-15H2,1-4H3/b16-13+. The second kappa shape index (κ2) is 8.81. The first-order valence-electron chi connectivity index (χ1n) is 8.78. The zero-order valence-corrected chi connectivity index (χ0v) is 16.6. The predicted molar refractivity (Wildman–Crippen MR) is 108 cm³/mol. The number of nitrogens with zero attached hydrogens (tertiary/aromatic N) is 1. The van der Waals surface area contributed by atoms with E-state index in [4.69, 9.17) is 11.6 Å². The van der Waals surface area contributed by atoms with Crippen LogP contribution in [-0.2, 0) is 6.42 Å². The average molecular weight is 376 g/mol. The van der Waals surface area contributed by atoms with Gasteiger partial charge in [-0.25, -0.2) is 4.39 Å². The van der Waals surface area contributed by atoms with Crippen LogP contribution < -0.4 is 0 Å². The number of rotatable bonds is 7. The quantitative estimate of drug-likeness (QED) is 0.731. The Morgan fingerprint density at radius 3 is 2.42 bits per heavy atom. The summed E-state index contributed by atoms with van der Waals surface area (Å²) in [5.41, 5.74) is 0.923. The van der Waals surface area contributed by atoms with E-state index >= 15 is 0 Å². The van der Waals surface area contributed by atoms with E-state index in [9.17, 15) is 9.50 Å². The molecule has 0 spiro atoms. The topological polar surface area (TPSA) is 23.5 Å². The van der Waals surface area contributed by atoms with Crippen molar-refractivity contribution in [3.8, 4) is 0 Å². The van der Waals surface area contributed by atoms with E-state index < -0.39 is 5.60 Å². The van der Waals surface area contributed by atoms with Crippen molar-refractivity contribution < 1.29 is 9.50 Å². The lowest BCUT2D eigenvalue weighted by Crippen LogP contribution is -2.44. The fourth-order valence-corrected chi connectivity index (χ4v) is 3.53. The number of benzene rings is 2. The summed E-state index contributed by atoms with van der Waals surface area (Å²) in [6, 6.07) is 14.4. The van der Waals surface area contributed by atoms with Crippen molar-refractivity contribution in [3.05, 3.63) is 76.1 Å². The van der Waals surface area contributed by atoms with Gasteiger partial charge in [0.25, 0.3) is 0 Å². The van der Waals surface area contributed by atoms with Gasteiger partial charge in [-0.1, -0.05) is 61.0 Å². The summed E-state index contributed by atoms with van der Waals surface area (Å²) < 4.78 is 14.4. The molecule has 26 heavy (non-hydrogen) atoms. The lowest BCUT2D eigenvalue weighted by atomic mass is 9.77. The van der Waals surface area contributed by atoms with Gasteiger partial charge in [0.15, 0.2) is 0 Å². The third-order valence-corrected chi connectivity index (χ3v) is 5.18. The molecule has 2 nitrogen and oxygen atoms in total. The van der Waals surface area contributed by atoms with Crippen LogP contribution >= 0.6 is 11.6 Å². The zero-order chi connectivity index (χ0) is 19.3. The predicted octanol–water partition coefficient (Wildman–Crippen LogP) is 5.05. The first-order valence-corrected chi connectivity index (χ1v) is 9.15. The molecule has 0 radical (unpaired) electrons. The molecular weight excluding hydrogens is 349 g/mol. The van der Waals surface area contributed by atoms with Gasteiger partial charge in [0.1, 0.15) is 5.82 Å². The average Bonchev–Trinajstić information content (AvgIpc) is 2.58. The van der Waals surface area contributed by atoms with Crippen LogP contribution in [0, 0.1) is 11.7 Å². The van der Waals surface area contributed by atoms with Crippen molar-refractivity contribution in [2.75, 3.05) is 20.6 Å². The molecule has 0 aliphatic heterocycles. The third-order valence-electron chi connectivity index (χ3n) is 4.83. The van der Waals surface area contributed by atoms with Crippen molar-refractivity contribution >= 4 is 17.7 Å². The summed E-state index contributed by atoms with van der Waals surface area (Å²) in [4.78, 5) is 2.02. The molecule has 0 aliphatic carbocycles. The SMILES string of the molecule is C/C(=C\c1ccccc1)C(O)(Cc1c(F)cccc1Cl)C(C)CN(C)C. The maximum absolute atomic E-state index is 14.4. The van der Waals surface area contributed by atoms with E-state index in [0.29, 0.717) is 17.1 Å².